The molecule has 0 bridgehead atoms. The molecule has 1 heterocycles. The van der Waals surface area contributed by atoms with E-state index in [-0.39, 0.29) is 29.3 Å². The van der Waals surface area contributed by atoms with Gasteiger partial charge in [0.1, 0.15) is 24.2 Å². The number of amides is 5. The number of nitrogens with one attached hydrogen (secondary N) is 3. The topological polar surface area (TPSA) is 177 Å². The number of piperidine rings is 1. The number of ether oxygens (including phenoxy) is 1. The van der Waals surface area contributed by atoms with E-state index >= 15 is 0 Å². The van der Waals surface area contributed by atoms with Gasteiger partial charge in [0, 0.05) is 6.54 Å². The highest BCUT2D eigenvalue weighted by molar-refractivity contribution is 6.37. The Hall–Kier alpha value is -3.18. The SMILES string of the molecule is CC(C)(C)[C@H](NC(=O)N[C@H](C(=O)N1C[C@H]2[C@@H]([C@H]1C(=O)NC(CC1CCC1)C(=O)C(N)=O)C2(C)C)C(C)(C)C)C(=O)OC1CCC1. The maximum absolute atomic E-state index is 14.3. The first kappa shape index (κ1) is 34.7. The van der Waals surface area contributed by atoms with Crippen LogP contribution >= 0.6 is 0 Å². The Kier molecular flexibility index (Phi) is 9.67. The molecule has 3 aliphatic carbocycles. The van der Waals surface area contributed by atoms with E-state index < -0.39 is 70.5 Å². The van der Waals surface area contributed by atoms with Gasteiger partial charge < -0.3 is 31.3 Å². The van der Waals surface area contributed by atoms with E-state index in [1.807, 2.05) is 55.4 Å². The molecule has 4 rings (SSSR count). The summed E-state index contributed by atoms with van der Waals surface area (Å²) in [6, 6.07) is -4.59. The standard InChI is InChI=1S/C33H53N5O7/c1-31(2,3)24(36-30(44)37-25(32(4,5)6)29(43)45-18-13-10-14-18)28(42)38-16-19-21(33(19,7)8)22(38)27(41)35-20(23(39)26(34)40)15-17-11-9-12-17/h17-22,24-25H,9-16H2,1-8H3,(H2,34,40)(H,35,41)(H2,36,37,44)/t19-,20?,21-,22-,24+,25+/m0/s1. The van der Waals surface area contributed by atoms with Crippen molar-refractivity contribution in [1.82, 2.24) is 20.9 Å². The van der Waals surface area contributed by atoms with Gasteiger partial charge in [0.2, 0.25) is 17.6 Å². The fraction of sp³-hybridized carbons (Fsp3) is 0.818. The van der Waals surface area contributed by atoms with Crippen molar-refractivity contribution in [2.24, 2.45) is 39.7 Å². The minimum Gasteiger partial charge on any atom is -0.461 e. The quantitative estimate of drug-likeness (QED) is 0.200. The summed E-state index contributed by atoms with van der Waals surface area (Å²) in [5, 5.41) is 8.33. The van der Waals surface area contributed by atoms with Crippen LogP contribution in [0.5, 0.6) is 0 Å². The fourth-order valence-electron chi connectivity index (χ4n) is 7.00. The van der Waals surface area contributed by atoms with Gasteiger partial charge in [0.05, 0.1) is 6.04 Å². The summed E-state index contributed by atoms with van der Waals surface area (Å²) in [6.45, 7) is 15.4. The van der Waals surface area contributed by atoms with Crippen molar-refractivity contribution in [3.63, 3.8) is 0 Å². The van der Waals surface area contributed by atoms with Gasteiger partial charge in [-0.15, -0.1) is 0 Å². The monoisotopic (exact) mass is 631 g/mol. The summed E-state index contributed by atoms with van der Waals surface area (Å²) in [6.07, 6.45) is 5.66. The average molecular weight is 632 g/mol. The summed E-state index contributed by atoms with van der Waals surface area (Å²) in [4.78, 5) is 80.6. The Bertz CT molecular complexity index is 1210. The van der Waals surface area contributed by atoms with Crippen LogP contribution in [0, 0.1) is 34.0 Å². The number of ketones is 1. The number of likely N-dealkylation sites (tertiary alicyclic amines) is 1. The van der Waals surface area contributed by atoms with Gasteiger partial charge >= 0.3 is 12.0 Å². The fourth-order valence-corrected chi connectivity index (χ4v) is 7.00. The number of hydrogen-bond donors (Lipinski definition) is 4. The third-order valence-corrected chi connectivity index (χ3v) is 10.5. The van der Waals surface area contributed by atoms with Gasteiger partial charge in [0.15, 0.2) is 0 Å². The second-order valence-electron chi connectivity index (χ2n) is 16.4. The summed E-state index contributed by atoms with van der Waals surface area (Å²) >= 11 is 0. The number of urea groups is 1. The van der Waals surface area contributed by atoms with Crippen LogP contribution in [0.2, 0.25) is 0 Å². The van der Waals surface area contributed by atoms with Gasteiger partial charge in [-0.1, -0.05) is 74.7 Å². The second kappa shape index (κ2) is 12.5. The van der Waals surface area contributed by atoms with E-state index in [4.69, 9.17) is 10.5 Å². The number of hydrogen-bond acceptors (Lipinski definition) is 7. The Balaban J connectivity index is 1.51. The third-order valence-electron chi connectivity index (χ3n) is 10.5. The Labute approximate surface area is 266 Å². The van der Waals surface area contributed by atoms with Crippen LogP contribution in [0.25, 0.3) is 0 Å². The normalized spacial score (nSPS) is 26.2. The zero-order chi connectivity index (χ0) is 33.6. The number of nitrogens with zero attached hydrogens (tertiary/aromatic N) is 1. The Morgan fingerprint density at radius 2 is 1.42 bits per heavy atom. The molecule has 4 fully saturated rings. The van der Waals surface area contributed by atoms with Crippen LogP contribution < -0.4 is 21.7 Å². The molecule has 0 spiro atoms. The number of carbonyl (C=O) groups is 6. The summed E-state index contributed by atoms with van der Waals surface area (Å²) in [7, 11) is 0. The molecule has 0 aromatic carbocycles. The lowest BCUT2D eigenvalue weighted by atomic mass is 9.80. The minimum atomic E-state index is -1.10. The summed E-state index contributed by atoms with van der Waals surface area (Å²) in [5.74, 6) is -3.23. The van der Waals surface area contributed by atoms with E-state index in [0.29, 0.717) is 13.0 Å². The zero-order valence-electron chi connectivity index (χ0n) is 28.2. The number of carbonyl (C=O) groups excluding carboxylic acids is 6. The number of rotatable bonds is 11. The molecule has 5 amide bonds. The molecule has 4 aliphatic rings. The Morgan fingerprint density at radius 1 is 0.867 bits per heavy atom. The first-order chi connectivity index (χ1) is 20.7. The van der Waals surface area contributed by atoms with Crippen molar-refractivity contribution in [1.29, 1.82) is 0 Å². The van der Waals surface area contributed by atoms with Crippen molar-refractivity contribution in [3.8, 4) is 0 Å². The first-order valence-corrected chi connectivity index (χ1v) is 16.5. The van der Waals surface area contributed by atoms with Gasteiger partial charge in [-0.05, 0) is 59.7 Å². The van der Waals surface area contributed by atoms with Crippen molar-refractivity contribution >= 4 is 35.5 Å². The molecule has 5 N–H and O–H groups in total. The van der Waals surface area contributed by atoms with E-state index in [9.17, 15) is 28.8 Å². The van der Waals surface area contributed by atoms with E-state index in [1.54, 1.807) is 0 Å². The van der Waals surface area contributed by atoms with Gasteiger partial charge in [0.25, 0.3) is 5.91 Å². The maximum Gasteiger partial charge on any atom is 0.329 e. The lowest BCUT2D eigenvalue weighted by Crippen LogP contribution is -2.63. The van der Waals surface area contributed by atoms with Crippen LogP contribution in [0.1, 0.15) is 100 Å². The van der Waals surface area contributed by atoms with Crippen LogP contribution in [0.4, 0.5) is 4.79 Å². The number of primary amides is 1. The first-order valence-electron chi connectivity index (χ1n) is 16.5. The lowest BCUT2D eigenvalue weighted by molar-refractivity contribution is -0.158. The third kappa shape index (κ3) is 7.46. The second-order valence-corrected chi connectivity index (χ2v) is 16.4. The number of esters is 1. The molecule has 1 aliphatic heterocycles. The smallest absolute Gasteiger partial charge is 0.329 e. The molecule has 1 unspecified atom stereocenters. The van der Waals surface area contributed by atoms with Crippen LogP contribution in [-0.2, 0) is 28.7 Å². The van der Waals surface area contributed by atoms with Crippen molar-refractivity contribution < 1.29 is 33.5 Å². The van der Waals surface area contributed by atoms with Crippen LogP contribution in [-0.4, -0.2) is 77.2 Å². The molecule has 1 saturated heterocycles. The molecule has 6 atom stereocenters. The van der Waals surface area contributed by atoms with Gasteiger partial charge in [-0.2, -0.15) is 0 Å². The highest BCUT2D eigenvalue weighted by atomic mass is 16.5. The molecule has 0 aromatic heterocycles. The van der Waals surface area contributed by atoms with Crippen LogP contribution in [0.3, 0.4) is 0 Å². The predicted molar refractivity (Wildman–Crippen MR) is 166 cm³/mol. The predicted octanol–water partition coefficient (Wildman–Crippen LogP) is 2.42. The molecule has 0 radical (unpaired) electrons. The molecule has 12 nitrogen and oxygen atoms in total. The molecule has 12 heteroatoms. The largest absolute Gasteiger partial charge is 0.461 e. The molecule has 0 aromatic rings. The van der Waals surface area contributed by atoms with Gasteiger partial charge in [-0.3, -0.25) is 19.2 Å². The van der Waals surface area contributed by atoms with Gasteiger partial charge in [-0.25, -0.2) is 9.59 Å². The summed E-state index contributed by atoms with van der Waals surface area (Å²) < 4.78 is 5.60. The van der Waals surface area contributed by atoms with E-state index in [2.05, 4.69) is 16.0 Å². The van der Waals surface area contributed by atoms with E-state index in [1.165, 1.54) is 4.90 Å². The van der Waals surface area contributed by atoms with Crippen molar-refractivity contribution in [2.75, 3.05) is 6.54 Å². The average Bonchev–Trinajstić information content (AvgIpc) is 3.19. The number of fused-ring (bicyclic) bond motifs is 1. The molecular weight excluding hydrogens is 578 g/mol. The highest BCUT2D eigenvalue weighted by Gasteiger charge is 2.70. The Morgan fingerprint density at radius 3 is 1.89 bits per heavy atom. The van der Waals surface area contributed by atoms with Crippen LogP contribution in [0.15, 0.2) is 0 Å². The molecule has 45 heavy (non-hydrogen) atoms. The number of nitrogens with two attached hydrogens (primary N) is 1. The number of Topliss-reactive ketones (excluding diaryl/α,β-unsaturated/α-hetero) is 1. The highest BCUT2D eigenvalue weighted by Crippen LogP contribution is 2.65. The minimum absolute atomic E-state index is 0.0649. The lowest BCUT2D eigenvalue weighted by Gasteiger charge is -2.39. The van der Waals surface area contributed by atoms with Crippen molar-refractivity contribution in [2.45, 2.75) is 131 Å². The van der Waals surface area contributed by atoms with Crippen molar-refractivity contribution in [3.05, 3.63) is 0 Å². The maximum atomic E-state index is 14.3. The molecular formula is C33H53N5O7. The zero-order valence-corrected chi connectivity index (χ0v) is 28.2. The molecule has 3 saturated carbocycles. The molecule has 252 valence electrons. The summed E-state index contributed by atoms with van der Waals surface area (Å²) in [5.41, 5.74) is 3.72. The van der Waals surface area contributed by atoms with E-state index in [0.717, 1.165) is 38.5 Å².